The minimum Gasteiger partial charge on any atom is -0.406 e. The lowest BCUT2D eigenvalue weighted by atomic mass is 9.95. The number of benzene rings is 2. The molecule has 6 nitrogen and oxygen atoms in total. The van der Waals surface area contributed by atoms with E-state index in [-0.39, 0.29) is 30.0 Å². The number of carbonyl (C=O) groups is 2. The normalized spacial score (nSPS) is 21.7. The maximum atomic E-state index is 13.2. The molecule has 172 valence electrons. The van der Waals surface area contributed by atoms with Crippen LogP contribution in [0.2, 0.25) is 0 Å². The summed E-state index contributed by atoms with van der Waals surface area (Å²) in [4.78, 5) is 32.6. The molecule has 0 bridgehead atoms. The number of fused-ring (bicyclic) bond motifs is 3. The van der Waals surface area contributed by atoms with Crippen LogP contribution in [0.15, 0.2) is 42.5 Å². The monoisotopic (exact) mass is 457 g/mol. The Hall–Kier alpha value is -3.33. The molecule has 2 unspecified atom stereocenters. The van der Waals surface area contributed by atoms with Crippen LogP contribution in [0.3, 0.4) is 0 Å². The maximum Gasteiger partial charge on any atom is 0.573 e. The molecule has 2 atom stereocenters. The Morgan fingerprint density at radius 1 is 1.09 bits per heavy atom. The fraction of sp³-hybridized carbons (Fsp3) is 0.333. The average Bonchev–Trinajstić information content (AvgIpc) is 3.25. The average molecular weight is 457 g/mol. The molecule has 1 fully saturated rings. The Bertz CT molecular complexity index is 1250. The number of halogens is 3. The van der Waals surface area contributed by atoms with E-state index in [1.54, 1.807) is 0 Å². The first-order valence-electron chi connectivity index (χ1n) is 10.7. The van der Waals surface area contributed by atoms with Gasteiger partial charge in [0.05, 0.1) is 18.2 Å². The van der Waals surface area contributed by atoms with Crippen molar-refractivity contribution in [2.24, 2.45) is 0 Å². The molecule has 1 aromatic heterocycles. The van der Waals surface area contributed by atoms with E-state index in [0.717, 1.165) is 34.7 Å². The Balaban J connectivity index is 1.38. The summed E-state index contributed by atoms with van der Waals surface area (Å²) in [6.45, 7) is 4.70. The minimum atomic E-state index is -4.81. The summed E-state index contributed by atoms with van der Waals surface area (Å²) >= 11 is 0. The number of ether oxygens (including phenoxy) is 1. The van der Waals surface area contributed by atoms with Crippen molar-refractivity contribution in [1.29, 1.82) is 0 Å². The Morgan fingerprint density at radius 3 is 2.52 bits per heavy atom. The highest BCUT2D eigenvalue weighted by Crippen LogP contribution is 2.38. The van der Waals surface area contributed by atoms with Crippen LogP contribution < -0.4 is 9.64 Å². The van der Waals surface area contributed by atoms with Gasteiger partial charge < -0.3 is 9.72 Å². The molecule has 0 radical (unpaired) electrons. The van der Waals surface area contributed by atoms with Crippen LogP contribution in [0.5, 0.6) is 5.75 Å². The molecular weight excluding hydrogens is 435 g/mol. The third-order valence-electron chi connectivity index (χ3n) is 6.48. The second-order valence-electron chi connectivity index (χ2n) is 8.56. The number of hydrogen-bond donors (Lipinski definition) is 1. The number of anilines is 1. The smallest absolute Gasteiger partial charge is 0.406 e. The molecule has 0 spiro atoms. The zero-order valence-electron chi connectivity index (χ0n) is 18.1. The number of aromatic nitrogens is 1. The van der Waals surface area contributed by atoms with Crippen LogP contribution in [0.1, 0.15) is 36.2 Å². The number of alkyl halides is 3. The Kier molecular flexibility index (Phi) is 4.97. The van der Waals surface area contributed by atoms with Crippen LogP contribution in [0, 0.1) is 6.92 Å². The first kappa shape index (κ1) is 21.5. The quantitative estimate of drug-likeness (QED) is 0.583. The van der Waals surface area contributed by atoms with Crippen LogP contribution in [0.25, 0.3) is 10.9 Å². The van der Waals surface area contributed by atoms with E-state index >= 15 is 0 Å². The van der Waals surface area contributed by atoms with E-state index in [1.807, 2.05) is 11.8 Å². The zero-order chi connectivity index (χ0) is 23.5. The maximum absolute atomic E-state index is 13.2. The van der Waals surface area contributed by atoms with Gasteiger partial charge in [-0.3, -0.25) is 14.5 Å². The third kappa shape index (κ3) is 3.76. The van der Waals surface area contributed by atoms with Gasteiger partial charge in [-0.25, -0.2) is 4.90 Å². The highest BCUT2D eigenvalue weighted by Gasteiger charge is 2.45. The van der Waals surface area contributed by atoms with E-state index in [2.05, 4.69) is 34.8 Å². The van der Waals surface area contributed by atoms with Crippen LogP contribution in [0.4, 0.5) is 18.9 Å². The highest BCUT2D eigenvalue weighted by atomic mass is 19.4. The van der Waals surface area contributed by atoms with Crippen molar-refractivity contribution in [1.82, 2.24) is 9.88 Å². The SMILES string of the molecule is Cc1ccc2[nH]c3c(c2c1)CCN(C1CC(=O)N(c2ccc(OC(F)(F)F)cc2)C1=O)C3C. The molecule has 3 heterocycles. The van der Waals surface area contributed by atoms with Gasteiger partial charge in [-0.15, -0.1) is 13.2 Å². The van der Waals surface area contributed by atoms with E-state index in [4.69, 9.17) is 0 Å². The van der Waals surface area contributed by atoms with Crippen molar-refractivity contribution in [3.63, 3.8) is 0 Å². The number of imide groups is 1. The predicted molar refractivity (Wildman–Crippen MR) is 116 cm³/mol. The van der Waals surface area contributed by atoms with E-state index in [1.165, 1.54) is 28.6 Å². The number of hydrogen-bond acceptors (Lipinski definition) is 4. The topological polar surface area (TPSA) is 65.6 Å². The number of H-pyrrole nitrogens is 1. The molecule has 1 N–H and O–H groups in total. The summed E-state index contributed by atoms with van der Waals surface area (Å²) in [5.41, 5.74) is 4.75. The lowest BCUT2D eigenvalue weighted by Gasteiger charge is -2.36. The summed E-state index contributed by atoms with van der Waals surface area (Å²) in [7, 11) is 0. The number of amides is 2. The van der Waals surface area contributed by atoms with Gasteiger partial charge in [0, 0.05) is 29.2 Å². The molecule has 3 aromatic rings. The van der Waals surface area contributed by atoms with Crippen LogP contribution in [-0.4, -0.2) is 40.6 Å². The predicted octanol–water partition coefficient (Wildman–Crippen LogP) is 4.63. The van der Waals surface area contributed by atoms with Crippen molar-refractivity contribution >= 4 is 28.4 Å². The van der Waals surface area contributed by atoms with E-state index in [9.17, 15) is 22.8 Å². The molecule has 2 aliphatic heterocycles. The third-order valence-corrected chi connectivity index (χ3v) is 6.48. The summed E-state index contributed by atoms with van der Waals surface area (Å²) in [5, 5.41) is 1.19. The van der Waals surface area contributed by atoms with Gasteiger partial charge in [-0.05, 0) is 62.2 Å². The number of nitrogens with one attached hydrogen (secondary N) is 1. The van der Waals surface area contributed by atoms with Gasteiger partial charge in [-0.1, -0.05) is 11.6 Å². The summed E-state index contributed by atoms with van der Waals surface area (Å²) < 4.78 is 41.1. The van der Waals surface area contributed by atoms with Gasteiger partial charge in [-0.2, -0.15) is 0 Å². The molecule has 1 saturated heterocycles. The van der Waals surface area contributed by atoms with Gasteiger partial charge in [0.1, 0.15) is 5.75 Å². The van der Waals surface area contributed by atoms with E-state index in [0.29, 0.717) is 6.54 Å². The molecule has 2 amide bonds. The molecular formula is C24H22F3N3O3. The van der Waals surface area contributed by atoms with Gasteiger partial charge in [0.2, 0.25) is 5.91 Å². The second kappa shape index (κ2) is 7.62. The molecule has 9 heteroatoms. The van der Waals surface area contributed by atoms with Gasteiger partial charge >= 0.3 is 6.36 Å². The molecule has 2 aromatic carbocycles. The number of carbonyl (C=O) groups excluding carboxylic acids is 2. The summed E-state index contributed by atoms with van der Waals surface area (Å²) in [5.74, 6) is -1.15. The zero-order valence-corrected chi connectivity index (χ0v) is 18.1. The van der Waals surface area contributed by atoms with Gasteiger partial charge in [0.25, 0.3) is 5.91 Å². The van der Waals surface area contributed by atoms with Crippen LogP contribution in [-0.2, 0) is 16.0 Å². The first-order chi connectivity index (χ1) is 15.6. The van der Waals surface area contributed by atoms with Crippen molar-refractivity contribution in [2.75, 3.05) is 11.4 Å². The largest absolute Gasteiger partial charge is 0.573 e. The lowest BCUT2D eigenvalue weighted by Crippen LogP contribution is -2.46. The fourth-order valence-corrected chi connectivity index (χ4v) is 4.98. The standard InChI is InChI=1S/C24H22F3N3O3/c1-13-3-8-19-18(11-13)17-9-10-29(14(2)22(17)28-19)20-12-21(31)30(23(20)32)15-4-6-16(7-5-15)33-24(25,26)27/h3-8,11,14,20,28H,9-10,12H2,1-2H3. The number of aryl methyl sites for hydroxylation is 1. The molecule has 33 heavy (non-hydrogen) atoms. The highest BCUT2D eigenvalue weighted by molar-refractivity contribution is 6.22. The number of nitrogens with zero attached hydrogens (tertiary/aromatic N) is 2. The van der Waals surface area contributed by atoms with Crippen molar-refractivity contribution in [3.8, 4) is 5.75 Å². The first-order valence-corrected chi connectivity index (χ1v) is 10.7. The molecule has 2 aliphatic rings. The summed E-state index contributed by atoms with van der Waals surface area (Å²) in [6, 6.07) is 10.3. The summed E-state index contributed by atoms with van der Waals surface area (Å²) in [6.07, 6.45) is -4.03. The lowest BCUT2D eigenvalue weighted by molar-refractivity contribution is -0.274. The minimum absolute atomic E-state index is 0.0264. The Morgan fingerprint density at radius 2 is 1.82 bits per heavy atom. The van der Waals surface area contributed by atoms with E-state index < -0.39 is 18.2 Å². The number of aromatic amines is 1. The molecule has 5 rings (SSSR count). The Labute approximate surface area is 187 Å². The molecule has 0 saturated carbocycles. The van der Waals surface area contributed by atoms with Crippen LogP contribution >= 0.6 is 0 Å². The van der Waals surface area contributed by atoms with Crippen molar-refractivity contribution < 1.29 is 27.5 Å². The fourth-order valence-electron chi connectivity index (χ4n) is 4.98. The van der Waals surface area contributed by atoms with Crippen molar-refractivity contribution in [2.45, 2.75) is 45.1 Å². The second-order valence-corrected chi connectivity index (χ2v) is 8.56. The van der Waals surface area contributed by atoms with Gasteiger partial charge in [0.15, 0.2) is 0 Å². The number of rotatable bonds is 3. The van der Waals surface area contributed by atoms with Crippen molar-refractivity contribution in [3.05, 3.63) is 59.3 Å². The molecule has 0 aliphatic carbocycles.